The molecule has 2 aromatic carbocycles. The molecule has 0 unspecified atom stereocenters. The van der Waals surface area contributed by atoms with Crippen molar-refractivity contribution in [2.24, 2.45) is 0 Å². The fraction of sp³-hybridized carbons (Fsp3) is 0.133. The highest BCUT2D eigenvalue weighted by atomic mass is 19.1. The van der Waals surface area contributed by atoms with Crippen LogP contribution in [0.3, 0.4) is 0 Å². The fourth-order valence-corrected chi connectivity index (χ4v) is 1.79. The van der Waals surface area contributed by atoms with Gasteiger partial charge in [0.25, 0.3) is 0 Å². The highest BCUT2D eigenvalue weighted by Crippen LogP contribution is 2.24. The molecule has 0 radical (unpaired) electrons. The van der Waals surface area contributed by atoms with Crippen molar-refractivity contribution in [3.8, 4) is 11.1 Å². The first kappa shape index (κ1) is 12.3. The maximum atomic E-state index is 13.6. The summed E-state index contributed by atoms with van der Waals surface area (Å²) in [6.07, 6.45) is 0. The molecule has 0 aliphatic heterocycles. The molecule has 2 rings (SSSR count). The van der Waals surface area contributed by atoms with E-state index in [1.165, 1.54) is 6.07 Å². The zero-order valence-electron chi connectivity index (χ0n) is 9.93. The van der Waals surface area contributed by atoms with Crippen LogP contribution in [0, 0.1) is 5.82 Å². The summed E-state index contributed by atoms with van der Waals surface area (Å²) in [5.41, 5.74) is 1.98. The fourth-order valence-electron chi connectivity index (χ4n) is 1.79. The molecule has 18 heavy (non-hydrogen) atoms. The standard InChI is InChI=1S/C15H13FO2/c1-10(15(17)18)11-6-8-12(9-7-11)13-4-2-3-5-14(13)16/h2-10H,1H3,(H,17,18)/t10-/m1/s1. The van der Waals surface area contributed by atoms with Crippen LogP contribution in [0.25, 0.3) is 11.1 Å². The molecular weight excluding hydrogens is 231 g/mol. The van der Waals surface area contributed by atoms with E-state index in [1.807, 2.05) is 0 Å². The van der Waals surface area contributed by atoms with Crippen LogP contribution >= 0.6 is 0 Å². The Labute approximate surface area is 105 Å². The van der Waals surface area contributed by atoms with Gasteiger partial charge in [0.1, 0.15) is 5.82 Å². The van der Waals surface area contributed by atoms with Crippen LogP contribution in [0.2, 0.25) is 0 Å². The van der Waals surface area contributed by atoms with Crippen LogP contribution in [0.1, 0.15) is 18.4 Å². The maximum Gasteiger partial charge on any atom is 0.310 e. The average Bonchev–Trinajstić information content (AvgIpc) is 2.38. The molecule has 2 aromatic rings. The minimum absolute atomic E-state index is 0.281. The Kier molecular flexibility index (Phi) is 3.42. The molecule has 0 aliphatic rings. The topological polar surface area (TPSA) is 37.3 Å². The lowest BCUT2D eigenvalue weighted by Gasteiger charge is -2.08. The van der Waals surface area contributed by atoms with E-state index in [0.717, 1.165) is 5.56 Å². The first-order chi connectivity index (χ1) is 8.59. The van der Waals surface area contributed by atoms with Crippen molar-refractivity contribution in [3.63, 3.8) is 0 Å². The number of halogens is 1. The summed E-state index contributed by atoms with van der Waals surface area (Å²) in [5, 5.41) is 8.91. The SMILES string of the molecule is C[C@@H](C(=O)O)c1ccc(-c2ccccc2F)cc1. The third-order valence-corrected chi connectivity index (χ3v) is 2.97. The molecule has 0 bridgehead atoms. The number of carbonyl (C=O) groups is 1. The largest absolute Gasteiger partial charge is 0.481 e. The quantitative estimate of drug-likeness (QED) is 0.894. The van der Waals surface area contributed by atoms with E-state index in [-0.39, 0.29) is 5.82 Å². The summed E-state index contributed by atoms with van der Waals surface area (Å²) in [6.45, 7) is 1.63. The van der Waals surface area contributed by atoms with E-state index in [4.69, 9.17) is 5.11 Å². The van der Waals surface area contributed by atoms with Gasteiger partial charge in [-0.05, 0) is 24.1 Å². The Hall–Kier alpha value is -2.16. The molecule has 0 heterocycles. The van der Waals surface area contributed by atoms with Crippen molar-refractivity contribution in [3.05, 3.63) is 59.9 Å². The maximum absolute atomic E-state index is 13.6. The monoisotopic (exact) mass is 244 g/mol. The number of hydrogen-bond acceptors (Lipinski definition) is 1. The first-order valence-electron chi connectivity index (χ1n) is 5.67. The van der Waals surface area contributed by atoms with Gasteiger partial charge in [-0.3, -0.25) is 4.79 Å². The normalized spacial score (nSPS) is 12.1. The second-order valence-corrected chi connectivity index (χ2v) is 4.16. The van der Waals surface area contributed by atoms with E-state index < -0.39 is 11.9 Å². The van der Waals surface area contributed by atoms with Crippen molar-refractivity contribution < 1.29 is 14.3 Å². The number of hydrogen-bond donors (Lipinski definition) is 1. The predicted molar refractivity (Wildman–Crippen MR) is 67.9 cm³/mol. The van der Waals surface area contributed by atoms with Gasteiger partial charge in [-0.15, -0.1) is 0 Å². The Morgan fingerprint density at radius 1 is 1.11 bits per heavy atom. The van der Waals surface area contributed by atoms with Crippen LogP contribution in [0.5, 0.6) is 0 Å². The lowest BCUT2D eigenvalue weighted by molar-refractivity contribution is -0.138. The van der Waals surface area contributed by atoms with E-state index in [0.29, 0.717) is 11.1 Å². The zero-order chi connectivity index (χ0) is 13.1. The summed E-state index contributed by atoms with van der Waals surface area (Å²) in [5.74, 6) is -1.70. The average molecular weight is 244 g/mol. The highest BCUT2D eigenvalue weighted by Gasteiger charge is 2.13. The minimum Gasteiger partial charge on any atom is -0.481 e. The van der Waals surface area contributed by atoms with Gasteiger partial charge in [-0.1, -0.05) is 42.5 Å². The van der Waals surface area contributed by atoms with Gasteiger partial charge in [-0.25, -0.2) is 4.39 Å². The number of aliphatic carboxylic acids is 1. The van der Waals surface area contributed by atoms with E-state index in [1.54, 1.807) is 49.4 Å². The van der Waals surface area contributed by atoms with Crippen LogP contribution in [0.15, 0.2) is 48.5 Å². The van der Waals surface area contributed by atoms with Gasteiger partial charge >= 0.3 is 5.97 Å². The highest BCUT2D eigenvalue weighted by molar-refractivity contribution is 5.76. The third-order valence-electron chi connectivity index (χ3n) is 2.97. The molecule has 92 valence electrons. The predicted octanol–water partition coefficient (Wildman–Crippen LogP) is 3.68. The van der Waals surface area contributed by atoms with Gasteiger partial charge < -0.3 is 5.11 Å². The summed E-state index contributed by atoms with van der Waals surface area (Å²) >= 11 is 0. The molecule has 0 aromatic heterocycles. The smallest absolute Gasteiger partial charge is 0.310 e. The molecule has 1 N–H and O–H groups in total. The van der Waals surface area contributed by atoms with Crippen molar-refractivity contribution in [2.75, 3.05) is 0 Å². The number of carboxylic acid groups (broad SMARTS) is 1. The Bertz CT molecular complexity index is 561. The van der Waals surface area contributed by atoms with Crippen LogP contribution in [0.4, 0.5) is 4.39 Å². The minimum atomic E-state index is -0.867. The molecule has 0 amide bonds. The second-order valence-electron chi connectivity index (χ2n) is 4.16. The first-order valence-corrected chi connectivity index (χ1v) is 5.67. The Balaban J connectivity index is 2.34. The van der Waals surface area contributed by atoms with Gasteiger partial charge in [0.15, 0.2) is 0 Å². The van der Waals surface area contributed by atoms with E-state index >= 15 is 0 Å². The van der Waals surface area contributed by atoms with Gasteiger partial charge in [0.2, 0.25) is 0 Å². The summed E-state index contributed by atoms with van der Waals surface area (Å²) in [4.78, 5) is 10.8. The number of carboxylic acids is 1. The zero-order valence-corrected chi connectivity index (χ0v) is 9.93. The van der Waals surface area contributed by atoms with Crippen molar-refractivity contribution in [1.29, 1.82) is 0 Å². The third kappa shape index (κ3) is 2.40. The lowest BCUT2D eigenvalue weighted by atomic mass is 9.97. The Morgan fingerprint density at radius 2 is 1.72 bits per heavy atom. The van der Waals surface area contributed by atoms with Crippen LogP contribution in [-0.4, -0.2) is 11.1 Å². The second kappa shape index (κ2) is 5.00. The molecule has 3 heteroatoms. The van der Waals surface area contributed by atoms with Gasteiger partial charge in [0, 0.05) is 5.56 Å². The summed E-state index contributed by atoms with van der Waals surface area (Å²) in [6, 6.07) is 13.4. The van der Waals surface area contributed by atoms with Crippen molar-refractivity contribution >= 4 is 5.97 Å². The van der Waals surface area contributed by atoms with Gasteiger partial charge in [0.05, 0.1) is 5.92 Å². The molecule has 0 aliphatic carbocycles. The van der Waals surface area contributed by atoms with Gasteiger partial charge in [-0.2, -0.15) is 0 Å². The molecule has 0 saturated carbocycles. The van der Waals surface area contributed by atoms with E-state index in [2.05, 4.69) is 0 Å². The molecule has 2 nitrogen and oxygen atoms in total. The van der Waals surface area contributed by atoms with Crippen molar-refractivity contribution in [1.82, 2.24) is 0 Å². The molecule has 0 fully saturated rings. The number of rotatable bonds is 3. The number of benzene rings is 2. The van der Waals surface area contributed by atoms with Crippen molar-refractivity contribution in [2.45, 2.75) is 12.8 Å². The lowest BCUT2D eigenvalue weighted by Crippen LogP contribution is -2.06. The molecular formula is C15H13FO2. The van der Waals surface area contributed by atoms with E-state index in [9.17, 15) is 9.18 Å². The Morgan fingerprint density at radius 3 is 2.28 bits per heavy atom. The van der Waals surface area contributed by atoms with Crippen LogP contribution < -0.4 is 0 Å². The molecule has 0 spiro atoms. The van der Waals surface area contributed by atoms with Crippen LogP contribution in [-0.2, 0) is 4.79 Å². The summed E-state index contributed by atoms with van der Waals surface area (Å²) < 4.78 is 13.6. The molecule has 1 atom stereocenters. The summed E-state index contributed by atoms with van der Waals surface area (Å²) in [7, 11) is 0. The molecule has 0 saturated heterocycles.